The Morgan fingerprint density at radius 3 is 3.00 bits per heavy atom. The molecule has 13 heavy (non-hydrogen) atoms. The highest BCUT2D eigenvalue weighted by atomic mass is 79.9. The second-order valence-electron chi connectivity index (χ2n) is 3.03. The van der Waals surface area contributed by atoms with Gasteiger partial charge in [-0.15, -0.1) is 0 Å². The van der Waals surface area contributed by atoms with E-state index in [0.717, 1.165) is 35.6 Å². The number of halogens is 1. The highest BCUT2D eigenvalue weighted by Crippen LogP contribution is 2.21. The van der Waals surface area contributed by atoms with Crippen molar-refractivity contribution in [1.29, 1.82) is 0 Å². The molecule has 2 rings (SSSR count). The predicted molar refractivity (Wildman–Crippen MR) is 54.6 cm³/mol. The lowest BCUT2D eigenvalue weighted by molar-refractivity contribution is 0.166. The summed E-state index contributed by atoms with van der Waals surface area (Å²) in [5, 5.41) is 1.85. The molecular weight excluding hydrogens is 232 g/mol. The van der Waals surface area contributed by atoms with Gasteiger partial charge in [0.1, 0.15) is 0 Å². The second kappa shape index (κ2) is 3.64. The van der Waals surface area contributed by atoms with E-state index >= 15 is 0 Å². The zero-order chi connectivity index (χ0) is 9.26. The van der Waals surface area contributed by atoms with Crippen LogP contribution in [0.25, 0.3) is 0 Å². The molecule has 1 saturated heterocycles. The van der Waals surface area contributed by atoms with Crippen molar-refractivity contribution in [1.82, 2.24) is 4.98 Å². The largest absolute Gasteiger partial charge is 0.272 e. The summed E-state index contributed by atoms with van der Waals surface area (Å²) in [4.78, 5) is 9.80. The molecule has 4 heteroatoms. The molecule has 0 spiro atoms. The van der Waals surface area contributed by atoms with Gasteiger partial charge < -0.3 is 0 Å². The normalized spacial score (nSPS) is 16.6. The van der Waals surface area contributed by atoms with Crippen molar-refractivity contribution in [2.75, 3.05) is 18.2 Å². The monoisotopic (exact) mass is 242 g/mol. The van der Waals surface area contributed by atoms with E-state index in [9.17, 15) is 0 Å². The highest BCUT2D eigenvalue weighted by Gasteiger charge is 2.14. The lowest BCUT2D eigenvalue weighted by atomic mass is 10.3. The van der Waals surface area contributed by atoms with Crippen LogP contribution in [-0.2, 0) is 4.84 Å². The van der Waals surface area contributed by atoms with E-state index in [1.54, 1.807) is 0 Å². The van der Waals surface area contributed by atoms with Gasteiger partial charge in [-0.25, -0.2) is 10.0 Å². The van der Waals surface area contributed by atoms with E-state index in [1.807, 2.05) is 24.1 Å². The summed E-state index contributed by atoms with van der Waals surface area (Å²) in [7, 11) is 0. The van der Waals surface area contributed by atoms with E-state index in [1.165, 1.54) is 0 Å². The van der Waals surface area contributed by atoms with E-state index in [2.05, 4.69) is 20.9 Å². The molecule has 0 atom stereocenters. The van der Waals surface area contributed by atoms with Crippen molar-refractivity contribution in [2.45, 2.75) is 13.3 Å². The maximum atomic E-state index is 5.39. The number of aromatic nitrogens is 1. The van der Waals surface area contributed by atoms with Gasteiger partial charge in [-0.1, -0.05) is 0 Å². The summed E-state index contributed by atoms with van der Waals surface area (Å²) in [6, 6.07) is 3.96. The molecule has 1 aliphatic rings. The number of hydrogen-bond donors (Lipinski definition) is 0. The van der Waals surface area contributed by atoms with E-state index < -0.39 is 0 Å². The molecule has 0 bridgehead atoms. The van der Waals surface area contributed by atoms with Crippen LogP contribution < -0.4 is 5.06 Å². The Bertz CT molecular complexity index is 310. The quantitative estimate of drug-likeness (QED) is 0.756. The molecule has 1 aromatic rings. The minimum absolute atomic E-state index is 0.802. The van der Waals surface area contributed by atoms with Crippen LogP contribution in [0.4, 0.5) is 5.82 Å². The van der Waals surface area contributed by atoms with Crippen LogP contribution in [0.15, 0.2) is 16.6 Å². The van der Waals surface area contributed by atoms with Gasteiger partial charge in [0.15, 0.2) is 5.82 Å². The molecule has 3 nitrogen and oxygen atoms in total. The Balaban J connectivity index is 2.25. The first kappa shape index (κ1) is 8.97. The molecule has 0 N–H and O–H groups in total. The molecule has 0 aromatic carbocycles. The topological polar surface area (TPSA) is 25.4 Å². The molecule has 0 aliphatic carbocycles. The van der Waals surface area contributed by atoms with Crippen molar-refractivity contribution in [3.05, 3.63) is 22.3 Å². The van der Waals surface area contributed by atoms with Crippen LogP contribution in [0.3, 0.4) is 0 Å². The van der Waals surface area contributed by atoms with Crippen molar-refractivity contribution in [3.63, 3.8) is 0 Å². The first-order valence-corrected chi connectivity index (χ1v) is 5.10. The van der Waals surface area contributed by atoms with Crippen LogP contribution >= 0.6 is 15.9 Å². The SMILES string of the molecule is Cc1nc(N2CCCO2)ccc1Br. The molecule has 0 radical (unpaired) electrons. The number of anilines is 1. The second-order valence-corrected chi connectivity index (χ2v) is 3.88. The third-order valence-corrected chi connectivity index (χ3v) is 2.85. The molecule has 1 fully saturated rings. The summed E-state index contributed by atoms with van der Waals surface area (Å²) in [6.07, 6.45) is 1.08. The lowest BCUT2D eigenvalue weighted by Crippen LogP contribution is -2.17. The van der Waals surface area contributed by atoms with E-state index in [-0.39, 0.29) is 0 Å². The van der Waals surface area contributed by atoms with Crippen molar-refractivity contribution in [3.8, 4) is 0 Å². The fraction of sp³-hybridized carbons (Fsp3) is 0.444. The Morgan fingerprint density at radius 1 is 1.54 bits per heavy atom. The number of hydroxylamine groups is 1. The van der Waals surface area contributed by atoms with Gasteiger partial charge >= 0.3 is 0 Å². The van der Waals surface area contributed by atoms with E-state index in [0.29, 0.717) is 0 Å². The van der Waals surface area contributed by atoms with Gasteiger partial charge in [-0.05, 0) is 41.4 Å². The summed E-state index contributed by atoms with van der Waals surface area (Å²) in [5.74, 6) is 0.901. The average molecular weight is 243 g/mol. The average Bonchev–Trinajstić information content (AvgIpc) is 2.62. The number of aryl methyl sites for hydroxylation is 1. The molecule has 2 heterocycles. The van der Waals surface area contributed by atoms with Crippen LogP contribution in [0.5, 0.6) is 0 Å². The van der Waals surface area contributed by atoms with Crippen LogP contribution in [0.2, 0.25) is 0 Å². The van der Waals surface area contributed by atoms with Gasteiger partial charge in [-0.2, -0.15) is 0 Å². The number of nitrogens with zero attached hydrogens (tertiary/aromatic N) is 2. The minimum Gasteiger partial charge on any atom is -0.272 e. The Hall–Kier alpha value is -0.610. The van der Waals surface area contributed by atoms with E-state index in [4.69, 9.17) is 4.84 Å². The summed E-state index contributed by atoms with van der Waals surface area (Å²) < 4.78 is 1.04. The first-order valence-electron chi connectivity index (χ1n) is 4.31. The minimum atomic E-state index is 0.802. The molecule has 0 unspecified atom stereocenters. The standard InChI is InChI=1S/C9H11BrN2O/c1-7-8(10)3-4-9(11-7)12-5-2-6-13-12/h3-4H,2,5-6H2,1H3. The van der Waals surface area contributed by atoms with Crippen molar-refractivity contribution in [2.24, 2.45) is 0 Å². The van der Waals surface area contributed by atoms with Crippen molar-refractivity contribution < 1.29 is 4.84 Å². The molecule has 70 valence electrons. The van der Waals surface area contributed by atoms with Crippen LogP contribution in [0.1, 0.15) is 12.1 Å². The lowest BCUT2D eigenvalue weighted by Gasteiger charge is -2.15. The Kier molecular flexibility index (Phi) is 2.51. The summed E-state index contributed by atoms with van der Waals surface area (Å²) >= 11 is 3.42. The number of pyridine rings is 1. The van der Waals surface area contributed by atoms with Gasteiger partial charge in [-0.3, -0.25) is 4.84 Å². The summed E-state index contributed by atoms with van der Waals surface area (Å²) in [6.45, 7) is 3.72. The zero-order valence-electron chi connectivity index (χ0n) is 7.46. The third kappa shape index (κ3) is 1.84. The molecule has 1 aliphatic heterocycles. The van der Waals surface area contributed by atoms with Crippen LogP contribution in [-0.4, -0.2) is 18.1 Å². The predicted octanol–water partition coefficient (Wildman–Crippen LogP) is 2.29. The van der Waals surface area contributed by atoms with Crippen LogP contribution in [0, 0.1) is 6.92 Å². The maximum Gasteiger partial charge on any atom is 0.152 e. The first-order chi connectivity index (χ1) is 6.27. The fourth-order valence-corrected chi connectivity index (χ4v) is 1.52. The Labute approximate surface area is 85.8 Å². The number of hydrogen-bond acceptors (Lipinski definition) is 3. The smallest absolute Gasteiger partial charge is 0.152 e. The van der Waals surface area contributed by atoms with Gasteiger partial charge in [0.05, 0.1) is 12.3 Å². The third-order valence-electron chi connectivity index (χ3n) is 2.01. The molecular formula is C9H11BrN2O. The highest BCUT2D eigenvalue weighted by molar-refractivity contribution is 9.10. The van der Waals surface area contributed by atoms with Gasteiger partial charge in [0.25, 0.3) is 0 Å². The molecule has 0 amide bonds. The Morgan fingerprint density at radius 2 is 2.38 bits per heavy atom. The molecule has 1 aromatic heterocycles. The fourth-order valence-electron chi connectivity index (χ4n) is 1.30. The summed E-state index contributed by atoms with van der Waals surface area (Å²) in [5.41, 5.74) is 0.994. The number of rotatable bonds is 1. The zero-order valence-corrected chi connectivity index (χ0v) is 9.04. The molecule has 0 saturated carbocycles. The maximum absolute atomic E-state index is 5.39. The van der Waals surface area contributed by atoms with Gasteiger partial charge in [0, 0.05) is 11.0 Å². The van der Waals surface area contributed by atoms with Gasteiger partial charge in [0.2, 0.25) is 0 Å². The van der Waals surface area contributed by atoms with Crippen molar-refractivity contribution >= 4 is 21.7 Å².